The minimum absolute atomic E-state index is 0.351. The average Bonchev–Trinajstić information content (AvgIpc) is 2.64. The van der Waals surface area contributed by atoms with Gasteiger partial charge in [-0.25, -0.2) is 9.59 Å². The molecule has 2 amide bonds. The molecule has 7 heteroatoms. The molecule has 0 bridgehead atoms. The molecular weight excluding hydrogens is 356 g/mol. The number of ether oxygens (including phenoxy) is 2. The lowest BCUT2D eigenvalue weighted by atomic mass is 9.93. The second-order valence-corrected chi connectivity index (χ2v) is 6.46. The Kier molecular flexibility index (Phi) is 7.33. The van der Waals surface area contributed by atoms with Gasteiger partial charge >= 0.3 is 12.0 Å². The number of nitrogens with one attached hydrogen (secondary N) is 2. The fourth-order valence-corrected chi connectivity index (χ4v) is 3.04. The monoisotopic (exact) mass is 380 g/mol. The first-order valence-corrected chi connectivity index (χ1v) is 9.20. The molecule has 1 aliphatic rings. The molecule has 6 nitrogen and oxygen atoms in total. The molecule has 26 heavy (non-hydrogen) atoms. The van der Waals surface area contributed by atoms with Crippen molar-refractivity contribution in [2.24, 2.45) is 0 Å². The zero-order valence-corrected chi connectivity index (χ0v) is 16.1. The van der Waals surface area contributed by atoms with Crippen LogP contribution in [0.2, 0.25) is 5.02 Å². The summed E-state index contributed by atoms with van der Waals surface area (Å²) in [4.78, 5) is 24.5. The molecule has 0 radical (unpaired) electrons. The van der Waals surface area contributed by atoms with E-state index in [1.54, 1.807) is 18.2 Å². The minimum Gasteiger partial charge on any atom is -0.492 e. The van der Waals surface area contributed by atoms with Gasteiger partial charge in [0.25, 0.3) is 0 Å². The van der Waals surface area contributed by atoms with E-state index in [1.165, 1.54) is 7.11 Å². The highest BCUT2D eigenvalue weighted by atomic mass is 35.5. The Labute approximate surface area is 158 Å². The number of esters is 1. The Balaban J connectivity index is 2.42. The fourth-order valence-electron chi connectivity index (χ4n) is 2.80. The summed E-state index contributed by atoms with van der Waals surface area (Å²) in [6.07, 6.45) is 3.27. The predicted octanol–water partition coefficient (Wildman–Crippen LogP) is 4.10. The molecule has 0 aromatic heterocycles. The molecule has 0 spiro atoms. The second-order valence-electron chi connectivity index (χ2n) is 6.06. The lowest BCUT2D eigenvalue weighted by molar-refractivity contribution is -0.136. The van der Waals surface area contributed by atoms with E-state index in [4.69, 9.17) is 21.1 Å². The maximum Gasteiger partial charge on any atom is 0.337 e. The smallest absolute Gasteiger partial charge is 0.337 e. The molecule has 0 saturated heterocycles. The number of halogens is 1. The number of methoxy groups -OCH3 is 1. The van der Waals surface area contributed by atoms with Crippen LogP contribution in [0.15, 0.2) is 29.5 Å². The Bertz CT molecular complexity index is 703. The van der Waals surface area contributed by atoms with E-state index in [9.17, 15) is 9.59 Å². The van der Waals surface area contributed by atoms with Crippen LogP contribution in [-0.4, -0.2) is 25.7 Å². The van der Waals surface area contributed by atoms with Crippen LogP contribution in [-0.2, 0) is 9.53 Å². The molecule has 1 aromatic carbocycles. The third-order valence-corrected chi connectivity index (χ3v) is 4.39. The van der Waals surface area contributed by atoms with Crippen LogP contribution in [0.25, 0.3) is 0 Å². The number of amides is 2. The number of hydrogen-bond donors (Lipinski definition) is 2. The topological polar surface area (TPSA) is 76.7 Å². The highest BCUT2D eigenvalue weighted by molar-refractivity contribution is 6.32. The van der Waals surface area contributed by atoms with Gasteiger partial charge in [-0.15, -0.1) is 0 Å². The summed E-state index contributed by atoms with van der Waals surface area (Å²) in [7, 11) is 1.33. The van der Waals surface area contributed by atoms with Crippen molar-refractivity contribution in [3.8, 4) is 5.75 Å². The molecule has 1 unspecified atom stereocenters. The van der Waals surface area contributed by atoms with Gasteiger partial charge < -0.3 is 20.1 Å². The number of carbonyl (C=O) groups excluding carboxylic acids is 2. The zero-order chi connectivity index (χ0) is 19.1. The van der Waals surface area contributed by atoms with E-state index in [0.29, 0.717) is 40.6 Å². The fraction of sp³-hybridized carbons (Fsp3) is 0.474. The molecule has 0 aliphatic carbocycles. The van der Waals surface area contributed by atoms with Crippen molar-refractivity contribution in [2.45, 2.75) is 45.6 Å². The van der Waals surface area contributed by atoms with Crippen LogP contribution in [0, 0.1) is 0 Å². The first-order chi connectivity index (χ1) is 12.5. The van der Waals surface area contributed by atoms with Gasteiger partial charge in [-0.1, -0.05) is 37.9 Å². The molecule has 1 heterocycles. The summed E-state index contributed by atoms with van der Waals surface area (Å²) in [5.41, 5.74) is 1.69. The second kappa shape index (κ2) is 9.48. The summed E-state index contributed by atoms with van der Waals surface area (Å²) >= 11 is 6.32. The number of urea groups is 1. The van der Waals surface area contributed by atoms with E-state index in [0.717, 1.165) is 19.3 Å². The van der Waals surface area contributed by atoms with Gasteiger partial charge in [-0.2, -0.15) is 0 Å². The van der Waals surface area contributed by atoms with Crippen molar-refractivity contribution in [3.63, 3.8) is 0 Å². The van der Waals surface area contributed by atoms with Gasteiger partial charge in [0.15, 0.2) is 0 Å². The molecular formula is C19H25ClN2O4. The zero-order valence-electron chi connectivity index (χ0n) is 15.4. The highest BCUT2D eigenvalue weighted by Crippen LogP contribution is 2.34. The van der Waals surface area contributed by atoms with Crippen molar-refractivity contribution in [1.82, 2.24) is 10.6 Å². The van der Waals surface area contributed by atoms with Crippen LogP contribution < -0.4 is 15.4 Å². The number of unbranched alkanes of at least 4 members (excludes halogenated alkanes) is 1. The van der Waals surface area contributed by atoms with Crippen LogP contribution in [0.3, 0.4) is 0 Å². The largest absolute Gasteiger partial charge is 0.492 e. The first-order valence-electron chi connectivity index (χ1n) is 8.82. The SMILES string of the molecule is CCCCC1=C(C(=O)OC)C(c2ccc(OCCC)c(Cl)c2)NC(=O)N1. The summed E-state index contributed by atoms with van der Waals surface area (Å²) in [5, 5.41) is 5.96. The van der Waals surface area contributed by atoms with E-state index in [1.807, 2.05) is 13.8 Å². The normalized spacial score (nSPS) is 16.8. The Morgan fingerprint density at radius 2 is 2.04 bits per heavy atom. The standard InChI is InChI=1S/C19H25ClN2O4/c1-4-6-7-14-16(18(23)25-3)17(22-19(24)21-14)12-8-9-15(13(20)11-12)26-10-5-2/h8-9,11,17H,4-7,10H2,1-3H3,(H2,21,22,24). The van der Waals surface area contributed by atoms with E-state index >= 15 is 0 Å². The highest BCUT2D eigenvalue weighted by Gasteiger charge is 2.33. The maximum absolute atomic E-state index is 12.4. The van der Waals surface area contributed by atoms with Crippen LogP contribution >= 0.6 is 11.6 Å². The quantitative estimate of drug-likeness (QED) is 0.665. The molecule has 1 aromatic rings. The third kappa shape index (κ3) is 4.69. The van der Waals surface area contributed by atoms with Crippen molar-refractivity contribution < 1.29 is 19.1 Å². The number of allylic oxidation sites excluding steroid dienone is 1. The first kappa shape index (κ1) is 20.1. The van der Waals surface area contributed by atoms with Gasteiger partial charge in [0.05, 0.1) is 30.4 Å². The minimum atomic E-state index is -0.624. The lowest BCUT2D eigenvalue weighted by Crippen LogP contribution is -2.45. The summed E-state index contributed by atoms with van der Waals surface area (Å²) in [6, 6.07) is 4.29. The summed E-state index contributed by atoms with van der Waals surface area (Å²) in [5.74, 6) is 0.100. The van der Waals surface area contributed by atoms with Crippen LogP contribution in [0.4, 0.5) is 4.79 Å². The Morgan fingerprint density at radius 1 is 1.27 bits per heavy atom. The van der Waals surface area contributed by atoms with Gasteiger partial charge in [-0.3, -0.25) is 0 Å². The summed E-state index contributed by atoms with van der Waals surface area (Å²) in [6.45, 7) is 4.63. The van der Waals surface area contributed by atoms with Gasteiger partial charge in [-0.05, 0) is 37.0 Å². The van der Waals surface area contributed by atoms with E-state index in [-0.39, 0.29) is 6.03 Å². The Morgan fingerprint density at radius 3 is 2.65 bits per heavy atom. The van der Waals surface area contributed by atoms with Crippen LogP contribution in [0.1, 0.15) is 51.1 Å². The number of rotatable bonds is 8. The summed E-state index contributed by atoms with van der Waals surface area (Å²) < 4.78 is 10.5. The number of carbonyl (C=O) groups is 2. The van der Waals surface area contributed by atoms with Crippen LogP contribution in [0.5, 0.6) is 5.75 Å². The average molecular weight is 381 g/mol. The van der Waals surface area contributed by atoms with Crippen molar-refractivity contribution >= 4 is 23.6 Å². The predicted molar refractivity (Wildman–Crippen MR) is 100 cm³/mol. The van der Waals surface area contributed by atoms with Crippen molar-refractivity contribution in [3.05, 3.63) is 40.1 Å². The lowest BCUT2D eigenvalue weighted by Gasteiger charge is -2.29. The third-order valence-electron chi connectivity index (χ3n) is 4.09. The molecule has 2 rings (SSSR count). The van der Waals surface area contributed by atoms with Gasteiger partial charge in [0.2, 0.25) is 0 Å². The number of hydrogen-bond acceptors (Lipinski definition) is 4. The van der Waals surface area contributed by atoms with E-state index in [2.05, 4.69) is 10.6 Å². The van der Waals surface area contributed by atoms with Crippen molar-refractivity contribution in [1.29, 1.82) is 0 Å². The molecule has 0 saturated carbocycles. The number of benzene rings is 1. The molecule has 1 aliphatic heterocycles. The Hall–Kier alpha value is -2.21. The molecule has 2 N–H and O–H groups in total. The molecule has 0 fully saturated rings. The van der Waals surface area contributed by atoms with E-state index < -0.39 is 12.0 Å². The van der Waals surface area contributed by atoms with Gasteiger partial charge in [0, 0.05) is 5.70 Å². The van der Waals surface area contributed by atoms with Gasteiger partial charge in [0.1, 0.15) is 5.75 Å². The molecule has 1 atom stereocenters. The van der Waals surface area contributed by atoms with Crippen molar-refractivity contribution in [2.75, 3.05) is 13.7 Å². The molecule has 142 valence electrons. The maximum atomic E-state index is 12.4.